The molecule has 0 bridgehead atoms. The fourth-order valence-corrected chi connectivity index (χ4v) is 3.94. The summed E-state index contributed by atoms with van der Waals surface area (Å²) in [6.45, 7) is 9.51. The molecular formula is C11H24N2O2S. The summed E-state index contributed by atoms with van der Waals surface area (Å²) in [6.07, 6.45) is 0.769. The zero-order valence-corrected chi connectivity index (χ0v) is 11.4. The van der Waals surface area contributed by atoms with Crippen LogP contribution in [0.5, 0.6) is 0 Å². The van der Waals surface area contributed by atoms with Gasteiger partial charge in [0, 0.05) is 18.6 Å². The maximum atomic E-state index is 11.3. The van der Waals surface area contributed by atoms with Crippen LogP contribution in [0.4, 0.5) is 0 Å². The molecule has 4 nitrogen and oxygen atoms in total. The third kappa shape index (κ3) is 4.39. The summed E-state index contributed by atoms with van der Waals surface area (Å²) >= 11 is 0. The van der Waals surface area contributed by atoms with Gasteiger partial charge in [-0.1, -0.05) is 13.8 Å². The Labute approximate surface area is 99.3 Å². The first-order valence-corrected chi connectivity index (χ1v) is 7.97. The van der Waals surface area contributed by atoms with Crippen molar-refractivity contribution in [1.29, 1.82) is 0 Å². The second-order valence-corrected chi connectivity index (χ2v) is 6.88. The highest BCUT2D eigenvalue weighted by Gasteiger charge is 2.28. The second-order valence-electron chi connectivity index (χ2n) is 4.65. The lowest BCUT2D eigenvalue weighted by Gasteiger charge is -2.25. The monoisotopic (exact) mass is 248 g/mol. The van der Waals surface area contributed by atoms with Gasteiger partial charge in [0.1, 0.15) is 0 Å². The lowest BCUT2D eigenvalue weighted by Crippen LogP contribution is -2.44. The molecule has 1 rings (SSSR count). The Bertz CT molecular complexity index is 299. The fraction of sp³-hybridized carbons (Fsp3) is 1.00. The summed E-state index contributed by atoms with van der Waals surface area (Å²) in [6, 6.07) is 0.522. The van der Waals surface area contributed by atoms with Gasteiger partial charge < -0.3 is 10.2 Å². The number of nitrogens with one attached hydrogen (secondary N) is 1. The summed E-state index contributed by atoms with van der Waals surface area (Å²) in [5.74, 6) is 0.665. The predicted molar refractivity (Wildman–Crippen MR) is 67.4 cm³/mol. The Morgan fingerprint density at radius 1 is 1.38 bits per heavy atom. The normalized spacial score (nSPS) is 26.1. The van der Waals surface area contributed by atoms with Gasteiger partial charge in [0.25, 0.3) is 0 Å². The molecule has 16 heavy (non-hydrogen) atoms. The first kappa shape index (κ1) is 13.9. The Hall–Kier alpha value is -0.130. The van der Waals surface area contributed by atoms with E-state index in [2.05, 4.69) is 31.0 Å². The lowest BCUT2D eigenvalue weighted by atomic mass is 10.2. The average molecular weight is 248 g/mol. The molecular weight excluding hydrogens is 224 g/mol. The molecule has 1 heterocycles. The summed E-state index contributed by atoms with van der Waals surface area (Å²) < 4.78 is 22.6. The lowest BCUT2D eigenvalue weighted by molar-refractivity contribution is 0.264. The Morgan fingerprint density at radius 2 is 2.00 bits per heavy atom. The molecule has 1 saturated heterocycles. The van der Waals surface area contributed by atoms with E-state index in [-0.39, 0.29) is 6.04 Å². The molecule has 0 spiro atoms. The summed E-state index contributed by atoms with van der Waals surface area (Å²) in [5.41, 5.74) is 0. The van der Waals surface area contributed by atoms with E-state index in [9.17, 15) is 8.42 Å². The van der Waals surface area contributed by atoms with Crippen LogP contribution >= 0.6 is 0 Å². The molecule has 0 aliphatic carbocycles. The average Bonchev–Trinajstić information content (AvgIpc) is 2.54. The molecule has 1 aliphatic rings. The van der Waals surface area contributed by atoms with Gasteiger partial charge in [0.15, 0.2) is 9.84 Å². The molecule has 5 heteroatoms. The molecule has 1 N–H and O–H groups in total. The number of hydrogen-bond acceptors (Lipinski definition) is 4. The largest absolute Gasteiger partial charge is 0.309 e. The van der Waals surface area contributed by atoms with Gasteiger partial charge in [-0.3, -0.25) is 0 Å². The number of rotatable bonds is 6. The van der Waals surface area contributed by atoms with Gasteiger partial charge in [-0.05, 0) is 26.4 Å². The van der Waals surface area contributed by atoms with Crippen molar-refractivity contribution in [2.45, 2.75) is 39.3 Å². The third-order valence-corrected chi connectivity index (χ3v) is 4.95. The van der Waals surface area contributed by atoms with E-state index in [1.54, 1.807) is 0 Å². The highest BCUT2D eigenvalue weighted by Crippen LogP contribution is 2.12. The van der Waals surface area contributed by atoms with Gasteiger partial charge >= 0.3 is 0 Å². The van der Waals surface area contributed by atoms with Crippen LogP contribution in [0.15, 0.2) is 0 Å². The minimum Gasteiger partial charge on any atom is -0.309 e. The molecule has 0 saturated carbocycles. The first-order valence-electron chi connectivity index (χ1n) is 6.15. The minimum atomic E-state index is -2.76. The van der Waals surface area contributed by atoms with Gasteiger partial charge in [0.05, 0.1) is 11.5 Å². The topological polar surface area (TPSA) is 49.4 Å². The number of nitrogens with zero attached hydrogens (tertiary/aromatic N) is 1. The quantitative estimate of drug-likeness (QED) is 0.743. The van der Waals surface area contributed by atoms with Crippen molar-refractivity contribution in [2.75, 3.05) is 31.1 Å². The molecule has 0 aromatic carbocycles. The van der Waals surface area contributed by atoms with E-state index >= 15 is 0 Å². The maximum Gasteiger partial charge on any atom is 0.151 e. The molecule has 0 amide bonds. The Morgan fingerprint density at radius 3 is 2.44 bits per heavy atom. The highest BCUT2D eigenvalue weighted by atomic mass is 32.2. The Balaban J connectivity index is 2.32. The van der Waals surface area contributed by atoms with E-state index in [4.69, 9.17) is 0 Å². The van der Waals surface area contributed by atoms with E-state index in [1.165, 1.54) is 0 Å². The molecule has 1 aliphatic heterocycles. The zero-order valence-electron chi connectivity index (χ0n) is 10.6. The Kier molecular flexibility index (Phi) is 5.21. The van der Waals surface area contributed by atoms with Crippen molar-refractivity contribution in [3.63, 3.8) is 0 Å². The molecule has 96 valence electrons. The number of sulfone groups is 1. The van der Waals surface area contributed by atoms with Crippen molar-refractivity contribution in [2.24, 2.45) is 0 Å². The van der Waals surface area contributed by atoms with Crippen molar-refractivity contribution >= 4 is 9.84 Å². The zero-order chi connectivity index (χ0) is 12.2. The number of hydrogen-bond donors (Lipinski definition) is 1. The van der Waals surface area contributed by atoms with Crippen LogP contribution in [0.1, 0.15) is 27.2 Å². The smallest absolute Gasteiger partial charge is 0.151 e. The van der Waals surface area contributed by atoms with Crippen LogP contribution in [-0.4, -0.2) is 56.5 Å². The highest BCUT2D eigenvalue weighted by molar-refractivity contribution is 7.91. The van der Waals surface area contributed by atoms with Gasteiger partial charge in [-0.2, -0.15) is 0 Å². The first-order chi connectivity index (χ1) is 7.46. The molecule has 0 aromatic heterocycles. The summed E-state index contributed by atoms with van der Waals surface area (Å²) in [5, 5.41) is 3.41. The van der Waals surface area contributed by atoms with Crippen LogP contribution in [0, 0.1) is 0 Å². The fourth-order valence-electron chi connectivity index (χ4n) is 2.25. The van der Waals surface area contributed by atoms with Crippen molar-refractivity contribution in [1.82, 2.24) is 10.2 Å². The van der Waals surface area contributed by atoms with Gasteiger partial charge in [-0.25, -0.2) is 8.42 Å². The number of likely N-dealkylation sites (N-methyl/N-ethyl adjacent to an activating group) is 1. The summed E-state index contributed by atoms with van der Waals surface area (Å²) in [4.78, 5) is 2.35. The van der Waals surface area contributed by atoms with Crippen molar-refractivity contribution in [3.8, 4) is 0 Å². The SMILES string of the molecule is CCN(CC)CC(C)NC1CCS(=O)(=O)C1. The predicted octanol–water partition coefficient (Wildman–Crippen LogP) is 0.493. The van der Waals surface area contributed by atoms with Crippen LogP contribution in [0.25, 0.3) is 0 Å². The van der Waals surface area contributed by atoms with E-state index < -0.39 is 9.84 Å². The second kappa shape index (κ2) is 5.98. The molecule has 2 atom stereocenters. The van der Waals surface area contributed by atoms with Crippen LogP contribution < -0.4 is 5.32 Å². The van der Waals surface area contributed by atoms with Crippen LogP contribution in [0.2, 0.25) is 0 Å². The third-order valence-electron chi connectivity index (χ3n) is 3.18. The van der Waals surface area contributed by atoms with E-state index in [0.29, 0.717) is 17.5 Å². The van der Waals surface area contributed by atoms with Crippen LogP contribution in [-0.2, 0) is 9.84 Å². The molecule has 2 unspecified atom stereocenters. The van der Waals surface area contributed by atoms with E-state index in [1.807, 2.05) is 0 Å². The van der Waals surface area contributed by atoms with Crippen molar-refractivity contribution < 1.29 is 8.42 Å². The molecule has 1 fully saturated rings. The summed E-state index contributed by atoms with van der Waals surface area (Å²) in [7, 11) is -2.76. The van der Waals surface area contributed by atoms with Gasteiger partial charge in [0.2, 0.25) is 0 Å². The maximum absolute atomic E-state index is 11.3. The van der Waals surface area contributed by atoms with Gasteiger partial charge in [-0.15, -0.1) is 0 Å². The minimum absolute atomic E-state index is 0.163. The standard InChI is InChI=1S/C11H24N2O2S/c1-4-13(5-2)8-10(3)12-11-6-7-16(14,15)9-11/h10-12H,4-9H2,1-3H3. The molecule has 0 aromatic rings. The molecule has 0 radical (unpaired) electrons. The van der Waals surface area contributed by atoms with Crippen LogP contribution in [0.3, 0.4) is 0 Å². The van der Waals surface area contributed by atoms with E-state index in [0.717, 1.165) is 26.1 Å². The van der Waals surface area contributed by atoms with Crippen molar-refractivity contribution in [3.05, 3.63) is 0 Å².